The average molecular weight is 202 g/mol. The van der Waals surface area contributed by atoms with Gasteiger partial charge in [-0.1, -0.05) is 6.92 Å². The maximum absolute atomic E-state index is 9.78. The van der Waals surface area contributed by atoms with Crippen molar-refractivity contribution in [2.24, 2.45) is 0 Å². The van der Waals surface area contributed by atoms with E-state index in [2.05, 4.69) is 38.2 Å². The Labute approximate surface area is 88.5 Å². The molecule has 0 radical (unpaired) electrons. The zero-order chi connectivity index (χ0) is 11.4. The maximum Gasteiger partial charge on any atom is 0.0741 e. The van der Waals surface area contributed by atoms with Gasteiger partial charge in [0.15, 0.2) is 0 Å². The minimum absolute atomic E-state index is 0.129. The summed E-state index contributed by atoms with van der Waals surface area (Å²) in [5.74, 6) is 0. The molecule has 1 unspecified atom stereocenters. The predicted octanol–water partition coefficient (Wildman–Crippen LogP) is 1.08. The molecular formula is C11H26N2O. The van der Waals surface area contributed by atoms with Gasteiger partial charge in [0.25, 0.3) is 0 Å². The van der Waals surface area contributed by atoms with Crippen LogP contribution in [-0.4, -0.2) is 48.3 Å². The number of hydrogen-bond acceptors (Lipinski definition) is 3. The van der Waals surface area contributed by atoms with Crippen LogP contribution >= 0.6 is 0 Å². The third-order valence-electron chi connectivity index (χ3n) is 3.04. The number of nitrogens with one attached hydrogen (secondary N) is 1. The van der Waals surface area contributed by atoms with Gasteiger partial charge in [-0.3, -0.25) is 0 Å². The Morgan fingerprint density at radius 1 is 1.14 bits per heavy atom. The van der Waals surface area contributed by atoms with Crippen LogP contribution in [0.15, 0.2) is 0 Å². The fourth-order valence-corrected chi connectivity index (χ4v) is 0.921. The van der Waals surface area contributed by atoms with E-state index in [0.717, 1.165) is 13.0 Å². The number of nitrogens with zero attached hydrogens (tertiary/aromatic N) is 1. The van der Waals surface area contributed by atoms with Crippen molar-refractivity contribution in [1.82, 2.24) is 10.2 Å². The monoisotopic (exact) mass is 202 g/mol. The Morgan fingerprint density at radius 3 is 2.00 bits per heavy atom. The van der Waals surface area contributed by atoms with Gasteiger partial charge in [-0.05, 0) is 41.3 Å². The van der Waals surface area contributed by atoms with Crippen LogP contribution in [0.1, 0.15) is 34.1 Å². The van der Waals surface area contributed by atoms with Gasteiger partial charge in [-0.15, -0.1) is 0 Å². The zero-order valence-corrected chi connectivity index (χ0v) is 10.5. The highest BCUT2D eigenvalue weighted by molar-refractivity contribution is 4.82. The molecule has 0 rings (SSSR count). The lowest BCUT2D eigenvalue weighted by atomic mass is 10.0. The lowest BCUT2D eigenvalue weighted by molar-refractivity contribution is 0.0516. The lowest BCUT2D eigenvalue weighted by Gasteiger charge is -2.34. The minimum Gasteiger partial charge on any atom is -0.389 e. The van der Waals surface area contributed by atoms with Gasteiger partial charge < -0.3 is 15.3 Å². The highest BCUT2D eigenvalue weighted by atomic mass is 16.3. The summed E-state index contributed by atoms with van der Waals surface area (Å²) in [7, 11) is 4.14. The molecule has 3 nitrogen and oxygen atoms in total. The van der Waals surface area contributed by atoms with E-state index in [0.29, 0.717) is 6.54 Å². The molecule has 3 heteroatoms. The van der Waals surface area contributed by atoms with Gasteiger partial charge in [0, 0.05) is 18.6 Å². The normalized spacial score (nSPS) is 17.1. The Morgan fingerprint density at radius 2 is 1.64 bits per heavy atom. The first-order valence-corrected chi connectivity index (χ1v) is 5.32. The van der Waals surface area contributed by atoms with Crippen LogP contribution in [0, 0.1) is 0 Å². The van der Waals surface area contributed by atoms with Crippen LogP contribution in [0.5, 0.6) is 0 Å². The fraction of sp³-hybridized carbons (Fsp3) is 1.00. The van der Waals surface area contributed by atoms with Crippen molar-refractivity contribution in [2.45, 2.75) is 45.3 Å². The standard InChI is InChI=1S/C11H26N2O/c1-7-11(4,14)9-12-8-10(2,3)13(5)6/h12,14H,7-9H2,1-6H3. The third-order valence-corrected chi connectivity index (χ3v) is 3.04. The highest BCUT2D eigenvalue weighted by Crippen LogP contribution is 2.10. The molecule has 14 heavy (non-hydrogen) atoms. The molecule has 0 aromatic rings. The molecule has 0 spiro atoms. The summed E-state index contributed by atoms with van der Waals surface area (Å²) < 4.78 is 0. The molecule has 0 fully saturated rings. The zero-order valence-electron chi connectivity index (χ0n) is 10.5. The first-order chi connectivity index (χ1) is 6.21. The molecule has 0 bridgehead atoms. The fourth-order valence-electron chi connectivity index (χ4n) is 0.921. The van der Waals surface area contributed by atoms with Crippen molar-refractivity contribution >= 4 is 0 Å². The van der Waals surface area contributed by atoms with Crippen LogP contribution in [0.2, 0.25) is 0 Å². The second-order valence-electron chi connectivity index (χ2n) is 5.16. The topological polar surface area (TPSA) is 35.5 Å². The van der Waals surface area contributed by atoms with Gasteiger partial charge in [0.05, 0.1) is 5.60 Å². The molecule has 0 aliphatic heterocycles. The summed E-state index contributed by atoms with van der Waals surface area (Å²) in [5, 5.41) is 13.1. The minimum atomic E-state index is -0.581. The molecule has 2 N–H and O–H groups in total. The van der Waals surface area contributed by atoms with Crippen molar-refractivity contribution in [3.63, 3.8) is 0 Å². The van der Waals surface area contributed by atoms with Crippen molar-refractivity contribution < 1.29 is 5.11 Å². The molecule has 0 heterocycles. The molecule has 0 aromatic heterocycles. The van der Waals surface area contributed by atoms with E-state index < -0.39 is 5.60 Å². The van der Waals surface area contributed by atoms with Crippen molar-refractivity contribution in [3.05, 3.63) is 0 Å². The molecule has 0 aliphatic carbocycles. The number of likely N-dealkylation sites (N-methyl/N-ethyl adjacent to an activating group) is 1. The highest BCUT2D eigenvalue weighted by Gasteiger charge is 2.22. The van der Waals surface area contributed by atoms with E-state index in [1.165, 1.54) is 0 Å². The second-order valence-corrected chi connectivity index (χ2v) is 5.16. The second kappa shape index (κ2) is 5.10. The number of aliphatic hydroxyl groups is 1. The Bertz CT molecular complexity index is 165. The van der Waals surface area contributed by atoms with Crippen LogP contribution in [0.3, 0.4) is 0 Å². The smallest absolute Gasteiger partial charge is 0.0741 e. The van der Waals surface area contributed by atoms with E-state index in [1.54, 1.807) is 0 Å². The van der Waals surface area contributed by atoms with Crippen LogP contribution in [0.4, 0.5) is 0 Å². The molecule has 0 aliphatic rings. The van der Waals surface area contributed by atoms with Gasteiger partial charge in [0.2, 0.25) is 0 Å². The van der Waals surface area contributed by atoms with Gasteiger partial charge in [0.1, 0.15) is 0 Å². The maximum atomic E-state index is 9.78. The molecule has 0 saturated heterocycles. The summed E-state index contributed by atoms with van der Waals surface area (Å²) in [4.78, 5) is 2.18. The molecule has 0 aromatic carbocycles. The van der Waals surface area contributed by atoms with Crippen LogP contribution < -0.4 is 5.32 Å². The first kappa shape index (κ1) is 13.9. The Hall–Kier alpha value is -0.120. The van der Waals surface area contributed by atoms with Gasteiger partial charge in [-0.25, -0.2) is 0 Å². The summed E-state index contributed by atoms with van der Waals surface area (Å²) in [5.41, 5.74) is -0.452. The molecule has 1 atom stereocenters. The molecular weight excluding hydrogens is 176 g/mol. The van der Waals surface area contributed by atoms with Gasteiger partial charge >= 0.3 is 0 Å². The Kier molecular flexibility index (Phi) is 5.06. The summed E-state index contributed by atoms with van der Waals surface area (Å²) in [6.45, 7) is 9.76. The van der Waals surface area contributed by atoms with Crippen molar-refractivity contribution in [2.75, 3.05) is 27.2 Å². The summed E-state index contributed by atoms with van der Waals surface area (Å²) in [6, 6.07) is 0. The first-order valence-electron chi connectivity index (χ1n) is 5.32. The molecule has 0 amide bonds. The van der Waals surface area contributed by atoms with E-state index >= 15 is 0 Å². The SMILES string of the molecule is CCC(C)(O)CNCC(C)(C)N(C)C. The summed E-state index contributed by atoms with van der Waals surface area (Å²) in [6.07, 6.45) is 0.780. The van der Waals surface area contributed by atoms with E-state index in [-0.39, 0.29) is 5.54 Å². The van der Waals surface area contributed by atoms with Crippen LogP contribution in [0.25, 0.3) is 0 Å². The Balaban J connectivity index is 3.85. The predicted molar refractivity (Wildman–Crippen MR) is 61.6 cm³/mol. The van der Waals surface area contributed by atoms with Crippen molar-refractivity contribution in [1.29, 1.82) is 0 Å². The van der Waals surface area contributed by atoms with E-state index in [4.69, 9.17) is 0 Å². The van der Waals surface area contributed by atoms with Crippen LogP contribution in [-0.2, 0) is 0 Å². The molecule has 0 saturated carbocycles. The van der Waals surface area contributed by atoms with E-state index in [9.17, 15) is 5.11 Å². The molecule has 86 valence electrons. The lowest BCUT2D eigenvalue weighted by Crippen LogP contribution is -2.49. The van der Waals surface area contributed by atoms with Gasteiger partial charge in [-0.2, -0.15) is 0 Å². The average Bonchev–Trinajstić information content (AvgIpc) is 2.03. The summed E-state index contributed by atoms with van der Waals surface area (Å²) >= 11 is 0. The van der Waals surface area contributed by atoms with E-state index in [1.807, 2.05) is 13.8 Å². The van der Waals surface area contributed by atoms with Crippen molar-refractivity contribution in [3.8, 4) is 0 Å². The quantitative estimate of drug-likeness (QED) is 0.676. The number of hydrogen-bond donors (Lipinski definition) is 2. The largest absolute Gasteiger partial charge is 0.389 e. The third kappa shape index (κ3) is 4.94. The number of rotatable bonds is 6.